The van der Waals surface area contributed by atoms with Gasteiger partial charge < -0.3 is 4.74 Å². The standard InChI is InChI=1S/C15H21BrCl2O/c16-10-6-4-2-1-3-5-7-11-19-15-9-8-13(17)12-14(15)18/h8-9,12H,1-7,10-11H2. The Labute approximate surface area is 134 Å². The minimum atomic E-state index is 0.585. The molecule has 0 fully saturated rings. The van der Waals surface area contributed by atoms with Crippen molar-refractivity contribution in [1.29, 1.82) is 0 Å². The molecular formula is C15H21BrCl2O. The predicted octanol–water partition coefficient (Wildman–Crippen LogP) is 6.50. The minimum absolute atomic E-state index is 0.585. The molecule has 0 saturated carbocycles. The fourth-order valence-corrected chi connectivity index (χ4v) is 2.71. The van der Waals surface area contributed by atoms with Crippen LogP contribution in [0.4, 0.5) is 0 Å². The second-order valence-electron chi connectivity index (χ2n) is 4.59. The van der Waals surface area contributed by atoms with E-state index in [1.165, 1.54) is 38.5 Å². The molecule has 108 valence electrons. The van der Waals surface area contributed by atoms with Crippen molar-refractivity contribution < 1.29 is 4.74 Å². The first-order valence-electron chi connectivity index (χ1n) is 6.88. The maximum absolute atomic E-state index is 6.03. The zero-order valence-electron chi connectivity index (χ0n) is 11.1. The first-order chi connectivity index (χ1) is 9.24. The zero-order valence-corrected chi connectivity index (χ0v) is 14.2. The van der Waals surface area contributed by atoms with Gasteiger partial charge in [0.2, 0.25) is 0 Å². The summed E-state index contributed by atoms with van der Waals surface area (Å²) in [5, 5.41) is 2.35. The number of hydrogen-bond acceptors (Lipinski definition) is 1. The smallest absolute Gasteiger partial charge is 0.137 e. The average molecular weight is 368 g/mol. The first kappa shape index (κ1) is 17.1. The van der Waals surface area contributed by atoms with Crippen LogP contribution in [0.2, 0.25) is 10.0 Å². The van der Waals surface area contributed by atoms with E-state index in [0.29, 0.717) is 10.0 Å². The van der Waals surface area contributed by atoms with Crippen LogP contribution in [-0.2, 0) is 0 Å². The Kier molecular flexibility index (Phi) is 9.76. The van der Waals surface area contributed by atoms with Gasteiger partial charge in [-0.05, 0) is 31.0 Å². The number of benzene rings is 1. The Morgan fingerprint density at radius 1 is 0.895 bits per heavy atom. The molecule has 0 aromatic heterocycles. The Balaban J connectivity index is 2.01. The van der Waals surface area contributed by atoms with Crippen LogP contribution >= 0.6 is 39.1 Å². The van der Waals surface area contributed by atoms with Crippen LogP contribution in [0.5, 0.6) is 5.75 Å². The van der Waals surface area contributed by atoms with Gasteiger partial charge in [-0.1, -0.05) is 71.2 Å². The van der Waals surface area contributed by atoms with E-state index in [1.807, 2.05) is 6.07 Å². The monoisotopic (exact) mass is 366 g/mol. The molecule has 0 N–H and O–H groups in total. The largest absolute Gasteiger partial charge is 0.492 e. The molecule has 0 aliphatic rings. The fourth-order valence-electron chi connectivity index (χ4n) is 1.85. The molecule has 0 heterocycles. The van der Waals surface area contributed by atoms with E-state index < -0.39 is 0 Å². The van der Waals surface area contributed by atoms with Gasteiger partial charge in [-0.3, -0.25) is 0 Å². The Bertz CT molecular complexity index is 358. The van der Waals surface area contributed by atoms with E-state index in [-0.39, 0.29) is 0 Å². The van der Waals surface area contributed by atoms with Gasteiger partial charge in [0.25, 0.3) is 0 Å². The SMILES string of the molecule is Clc1ccc(OCCCCCCCCCBr)c(Cl)c1. The first-order valence-corrected chi connectivity index (χ1v) is 8.75. The van der Waals surface area contributed by atoms with Crippen molar-refractivity contribution in [2.24, 2.45) is 0 Å². The summed E-state index contributed by atoms with van der Waals surface area (Å²) in [6.45, 7) is 0.725. The molecule has 0 radical (unpaired) electrons. The fraction of sp³-hybridized carbons (Fsp3) is 0.600. The van der Waals surface area contributed by atoms with Gasteiger partial charge in [0.15, 0.2) is 0 Å². The normalized spacial score (nSPS) is 10.7. The number of unbranched alkanes of at least 4 members (excludes halogenated alkanes) is 6. The molecule has 0 amide bonds. The second kappa shape index (κ2) is 10.8. The molecule has 0 unspecified atom stereocenters. The minimum Gasteiger partial charge on any atom is -0.492 e. The molecule has 1 aromatic rings. The van der Waals surface area contributed by atoms with Gasteiger partial charge in [0.05, 0.1) is 11.6 Å². The maximum Gasteiger partial charge on any atom is 0.137 e. The molecular weight excluding hydrogens is 347 g/mol. The Morgan fingerprint density at radius 3 is 2.16 bits per heavy atom. The van der Waals surface area contributed by atoms with Crippen LogP contribution in [0.1, 0.15) is 44.9 Å². The van der Waals surface area contributed by atoms with Gasteiger partial charge in [0.1, 0.15) is 5.75 Å². The molecule has 0 aliphatic carbocycles. The Morgan fingerprint density at radius 2 is 1.53 bits per heavy atom. The molecule has 19 heavy (non-hydrogen) atoms. The van der Waals surface area contributed by atoms with Crippen molar-refractivity contribution in [3.63, 3.8) is 0 Å². The maximum atomic E-state index is 6.03. The van der Waals surface area contributed by atoms with E-state index in [4.69, 9.17) is 27.9 Å². The lowest BCUT2D eigenvalue weighted by atomic mass is 10.1. The molecule has 0 aliphatic heterocycles. The second-order valence-corrected chi connectivity index (χ2v) is 6.22. The van der Waals surface area contributed by atoms with Gasteiger partial charge in [-0.15, -0.1) is 0 Å². The highest BCUT2D eigenvalue weighted by molar-refractivity contribution is 9.09. The predicted molar refractivity (Wildman–Crippen MR) is 88.1 cm³/mol. The van der Waals surface area contributed by atoms with E-state index in [9.17, 15) is 0 Å². The van der Waals surface area contributed by atoms with Crippen molar-refractivity contribution >= 4 is 39.1 Å². The van der Waals surface area contributed by atoms with Crippen LogP contribution in [0.15, 0.2) is 18.2 Å². The molecule has 4 heteroatoms. The molecule has 0 atom stereocenters. The summed E-state index contributed by atoms with van der Waals surface area (Å²) in [4.78, 5) is 0. The van der Waals surface area contributed by atoms with Crippen LogP contribution in [0.25, 0.3) is 0 Å². The average Bonchev–Trinajstić information content (AvgIpc) is 2.39. The molecule has 0 saturated heterocycles. The summed E-state index contributed by atoms with van der Waals surface area (Å²) in [5.41, 5.74) is 0. The zero-order chi connectivity index (χ0) is 13.9. The van der Waals surface area contributed by atoms with E-state index in [1.54, 1.807) is 12.1 Å². The van der Waals surface area contributed by atoms with E-state index >= 15 is 0 Å². The van der Waals surface area contributed by atoms with Crippen LogP contribution in [0, 0.1) is 0 Å². The number of halogens is 3. The Hall–Kier alpha value is 0.0800. The molecule has 0 spiro atoms. The van der Waals surface area contributed by atoms with Crippen LogP contribution in [-0.4, -0.2) is 11.9 Å². The summed E-state index contributed by atoms with van der Waals surface area (Å²) in [5.74, 6) is 0.725. The topological polar surface area (TPSA) is 9.23 Å². The summed E-state index contributed by atoms with van der Waals surface area (Å²) < 4.78 is 5.64. The third kappa shape index (κ3) is 8.06. The van der Waals surface area contributed by atoms with Crippen molar-refractivity contribution in [2.75, 3.05) is 11.9 Å². The van der Waals surface area contributed by atoms with Crippen LogP contribution < -0.4 is 4.74 Å². The van der Waals surface area contributed by atoms with E-state index in [0.717, 1.165) is 24.1 Å². The third-order valence-electron chi connectivity index (χ3n) is 2.93. The number of rotatable bonds is 10. The molecule has 1 nitrogen and oxygen atoms in total. The van der Waals surface area contributed by atoms with E-state index in [2.05, 4.69) is 15.9 Å². The van der Waals surface area contributed by atoms with Gasteiger partial charge in [-0.2, -0.15) is 0 Å². The summed E-state index contributed by atoms with van der Waals surface area (Å²) in [6, 6.07) is 5.33. The summed E-state index contributed by atoms with van der Waals surface area (Å²) >= 11 is 15.3. The lowest BCUT2D eigenvalue weighted by Crippen LogP contribution is -1.97. The van der Waals surface area contributed by atoms with Crippen molar-refractivity contribution in [1.82, 2.24) is 0 Å². The highest BCUT2D eigenvalue weighted by Gasteiger charge is 2.01. The summed E-state index contributed by atoms with van der Waals surface area (Å²) in [6.07, 6.45) is 8.89. The lowest BCUT2D eigenvalue weighted by molar-refractivity contribution is 0.304. The van der Waals surface area contributed by atoms with Gasteiger partial charge >= 0.3 is 0 Å². The highest BCUT2D eigenvalue weighted by Crippen LogP contribution is 2.27. The van der Waals surface area contributed by atoms with Crippen molar-refractivity contribution in [3.8, 4) is 5.75 Å². The molecule has 0 bridgehead atoms. The van der Waals surface area contributed by atoms with Gasteiger partial charge in [-0.25, -0.2) is 0 Å². The molecule has 1 aromatic carbocycles. The quantitative estimate of drug-likeness (QED) is 0.338. The number of hydrogen-bond donors (Lipinski definition) is 0. The lowest BCUT2D eigenvalue weighted by Gasteiger charge is -2.08. The number of ether oxygens (including phenoxy) is 1. The van der Waals surface area contributed by atoms with Crippen molar-refractivity contribution in [3.05, 3.63) is 28.2 Å². The summed E-state index contributed by atoms with van der Waals surface area (Å²) in [7, 11) is 0. The van der Waals surface area contributed by atoms with Crippen LogP contribution in [0.3, 0.4) is 0 Å². The highest BCUT2D eigenvalue weighted by atomic mass is 79.9. The molecule has 1 rings (SSSR count). The van der Waals surface area contributed by atoms with Gasteiger partial charge in [0, 0.05) is 10.4 Å². The third-order valence-corrected chi connectivity index (χ3v) is 4.02. The van der Waals surface area contributed by atoms with Crippen molar-refractivity contribution in [2.45, 2.75) is 44.9 Å². The number of alkyl halides is 1.